The van der Waals surface area contributed by atoms with E-state index in [0.717, 1.165) is 39.2 Å². The number of fused-ring (bicyclic) bond motifs is 1. The number of ether oxygens (including phenoxy) is 2. The van der Waals surface area contributed by atoms with Crippen LogP contribution < -0.4 is 14.4 Å². The van der Waals surface area contributed by atoms with Crippen molar-refractivity contribution in [2.45, 2.75) is 13.5 Å². The molecule has 0 amide bonds. The van der Waals surface area contributed by atoms with Gasteiger partial charge < -0.3 is 14.4 Å². The number of methoxy groups -OCH3 is 2. The van der Waals surface area contributed by atoms with Crippen molar-refractivity contribution in [1.82, 2.24) is 9.97 Å². The third-order valence-electron chi connectivity index (χ3n) is 5.37. The Kier molecular flexibility index (Phi) is 6.36. The lowest BCUT2D eigenvalue weighted by atomic mass is 10.0. The quantitative estimate of drug-likeness (QED) is 0.333. The molecule has 162 valence electrons. The van der Waals surface area contributed by atoms with Crippen molar-refractivity contribution in [2.24, 2.45) is 0 Å². The molecular weight excluding hydrogens is 398 g/mol. The summed E-state index contributed by atoms with van der Waals surface area (Å²) in [4.78, 5) is 12.0. The number of benzene rings is 3. The second-order valence-corrected chi connectivity index (χ2v) is 7.61. The van der Waals surface area contributed by atoms with E-state index in [1.807, 2.05) is 42.5 Å². The Hall–Kier alpha value is -3.86. The smallest absolute Gasteiger partial charge is 0.227 e. The van der Waals surface area contributed by atoms with Crippen LogP contribution in [0.4, 0.5) is 5.95 Å². The van der Waals surface area contributed by atoms with Crippen LogP contribution in [0.5, 0.6) is 11.5 Å². The van der Waals surface area contributed by atoms with E-state index >= 15 is 0 Å². The predicted octanol–water partition coefficient (Wildman–Crippen LogP) is 5.82. The molecule has 0 saturated heterocycles. The molecule has 1 heterocycles. The fourth-order valence-electron chi connectivity index (χ4n) is 3.77. The van der Waals surface area contributed by atoms with E-state index in [-0.39, 0.29) is 0 Å². The van der Waals surface area contributed by atoms with Gasteiger partial charge in [0.15, 0.2) is 0 Å². The molecule has 4 aromatic rings. The maximum absolute atomic E-state index is 5.59. The maximum atomic E-state index is 5.59. The monoisotopic (exact) mass is 425 g/mol. The largest absolute Gasteiger partial charge is 0.497 e. The lowest BCUT2D eigenvalue weighted by Crippen LogP contribution is -2.25. The van der Waals surface area contributed by atoms with Gasteiger partial charge in [-0.15, -0.1) is 6.58 Å². The summed E-state index contributed by atoms with van der Waals surface area (Å²) in [7, 11) is 3.33. The summed E-state index contributed by atoms with van der Waals surface area (Å²) in [5.41, 5.74) is 5.05. The first-order chi connectivity index (χ1) is 15.6. The summed E-state index contributed by atoms with van der Waals surface area (Å²) in [5, 5.41) is 1.04. The highest BCUT2D eigenvalue weighted by atomic mass is 16.5. The number of rotatable bonds is 8. The van der Waals surface area contributed by atoms with Crippen molar-refractivity contribution in [1.29, 1.82) is 0 Å². The van der Waals surface area contributed by atoms with E-state index in [1.54, 1.807) is 14.2 Å². The Labute approximate surface area is 189 Å². The van der Waals surface area contributed by atoms with Crippen LogP contribution in [-0.2, 0) is 6.54 Å². The predicted molar refractivity (Wildman–Crippen MR) is 131 cm³/mol. The van der Waals surface area contributed by atoms with E-state index in [9.17, 15) is 0 Å². The Bertz CT molecular complexity index is 1240. The van der Waals surface area contributed by atoms with Gasteiger partial charge in [0.05, 0.1) is 25.4 Å². The van der Waals surface area contributed by atoms with Crippen LogP contribution in [0.3, 0.4) is 0 Å². The molecule has 4 rings (SSSR count). The topological polar surface area (TPSA) is 47.5 Å². The van der Waals surface area contributed by atoms with Gasteiger partial charge in [-0.2, -0.15) is 0 Å². The van der Waals surface area contributed by atoms with Gasteiger partial charge in [-0.05, 0) is 37.3 Å². The lowest BCUT2D eigenvalue weighted by Gasteiger charge is -2.24. The third kappa shape index (κ3) is 4.42. The molecule has 0 spiro atoms. The van der Waals surface area contributed by atoms with Crippen molar-refractivity contribution in [3.05, 3.63) is 90.5 Å². The standard InChI is InChI=1S/C27H27N3O2/c1-5-15-30(18-21-17-22(31-3)12-14-25(21)32-4)27-28-24-13-11-19(2)16-23(24)26(29-27)20-9-7-6-8-10-20/h5-14,16-17H,1,15,18H2,2-4H3. The minimum atomic E-state index is 0.554. The molecule has 0 aliphatic heterocycles. The number of aromatic nitrogens is 2. The minimum absolute atomic E-state index is 0.554. The highest BCUT2D eigenvalue weighted by molar-refractivity contribution is 5.93. The van der Waals surface area contributed by atoms with E-state index in [2.05, 4.69) is 48.7 Å². The average Bonchev–Trinajstić information content (AvgIpc) is 2.83. The van der Waals surface area contributed by atoms with Crippen LogP contribution >= 0.6 is 0 Å². The fourth-order valence-corrected chi connectivity index (χ4v) is 3.77. The number of hydrogen-bond donors (Lipinski definition) is 0. The molecule has 0 fully saturated rings. The van der Waals surface area contributed by atoms with E-state index in [4.69, 9.17) is 19.4 Å². The zero-order valence-electron chi connectivity index (χ0n) is 18.7. The number of hydrogen-bond acceptors (Lipinski definition) is 5. The normalized spacial score (nSPS) is 10.7. The summed E-state index contributed by atoms with van der Waals surface area (Å²) >= 11 is 0. The van der Waals surface area contributed by atoms with Gasteiger partial charge in [0.1, 0.15) is 11.5 Å². The molecule has 5 nitrogen and oxygen atoms in total. The molecule has 0 bridgehead atoms. The van der Waals surface area contributed by atoms with Gasteiger partial charge in [-0.1, -0.05) is 48.0 Å². The Morgan fingerprint density at radius 3 is 2.47 bits per heavy atom. The molecule has 0 unspecified atom stereocenters. The molecule has 3 aromatic carbocycles. The van der Waals surface area contributed by atoms with Gasteiger partial charge in [0.25, 0.3) is 0 Å². The van der Waals surface area contributed by atoms with Crippen molar-refractivity contribution in [2.75, 3.05) is 25.7 Å². The number of nitrogens with zero attached hydrogens (tertiary/aromatic N) is 3. The third-order valence-corrected chi connectivity index (χ3v) is 5.37. The van der Waals surface area contributed by atoms with Gasteiger partial charge in [0.2, 0.25) is 5.95 Å². The average molecular weight is 426 g/mol. The fraction of sp³-hybridized carbons (Fsp3) is 0.185. The van der Waals surface area contributed by atoms with E-state index in [1.165, 1.54) is 5.56 Å². The van der Waals surface area contributed by atoms with E-state index in [0.29, 0.717) is 19.0 Å². The Morgan fingerprint density at radius 1 is 0.938 bits per heavy atom. The second kappa shape index (κ2) is 9.52. The van der Waals surface area contributed by atoms with Crippen LogP contribution in [0.25, 0.3) is 22.2 Å². The second-order valence-electron chi connectivity index (χ2n) is 7.61. The van der Waals surface area contributed by atoms with E-state index < -0.39 is 0 Å². The number of anilines is 1. The zero-order chi connectivity index (χ0) is 22.5. The van der Waals surface area contributed by atoms with Crippen LogP contribution in [-0.4, -0.2) is 30.7 Å². The highest BCUT2D eigenvalue weighted by Crippen LogP contribution is 2.31. The van der Waals surface area contributed by atoms with Gasteiger partial charge in [-0.3, -0.25) is 0 Å². The van der Waals surface area contributed by atoms with Crippen molar-refractivity contribution in [3.8, 4) is 22.8 Å². The molecule has 0 radical (unpaired) electrons. The molecule has 1 aromatic heterocycles. The minimum Gasteiger partial charge on any atom is -0.497 e. The van der Waals surface area contributed by atoms with Crippen molar-refractivity contribution in [3.63, 3.8) is 0 Å². The van der Waals surface area contributed by atoms with Gasteiger partial charge in [0, 0.05) is 29.6 Å². The number of aryl methyl sites for hydroxylation is 1. The molecule has 5 heteroatoms. The van der Waals surface area contributed by atoms with Crippen LogP contribution in [0.2, 0.25) is 0 Å². The first kappa shape index (κ1) is 21.4. The molecular formula is C27H27N3O2. The van der Waals surface area contributed by atoms with Crippen LogP contribution in [0.15, 0.2) is 79.4 Å². The molecule has 0 aliphatic carbocycles. The summed E-state index contributed by atoms with van der Waals surface area (Å²) in [6, 6.07) is 22.3. The van der Waals surface area contributed by atoms with Crippen molar-refractivity contribution >= 4 is 16.9 Å². The first-order valence-electron chi connectivity index (χ1n) is 10.5. The Morgan fingerprint density at radius 2 is 1.75 bits per heavy atom. The summed E-state index contributed by atoms with van der Waals surface area (Å²) in [6.07, 6.45) is 1.86. The molecule has 0 atom stereocenters. The Balaban J connectivity index is 1.84. The zero-order valence-corrected chi connectivity index (χ0v) is 18.7. The van der Waals surface area contributed by atoms with Crippen LogP contribution in [0, 0.1) is 6.92 Å². The van der Waals surface area contributed by atoms with Crippen molar-refractivity contribution < 1.29 is 9.47 Å². The molecule has 32 heavy (non-hydrogen) atoms. The van der Waals surface area contributed by atoms with Crippen LogP contribution in [0.1, 0.15) is 11.1 Å². The van der Waals surface area contributed by atoms with Gasteiger partial charge >= 0.3 is 0 Å². The summed E-state index contributed by atoms with van der Waals surface area (Å²) < 4.78 is 11.0. The van der Waals surface area contributed by atoms with Gasteiger partial charge in [-0.25, -0.2) is 9.97 Å². The SMILES string of the molecule is C=CCN(Cc1cc(OC)ccc1OC)c1nc(-c2ccccc2)c2cc(C)ccc2n1. The molecule has 0 aliphatic rings. The summed E-state index contributed by atoms with van der Waals surface area (Å²) in [6.45, 7) is 7.17. The lowest BCUT2D eigenvalue weighted by molar-refractivity contribution is 0.398. The maximum Gasteiger partial charge on any atom is 0.227 e. The summed E-state index contributed by atoms with van der Waals surface area (Å²) in [5.74, 6) is 2.21. The highest BCUT2D eigenvalue weighted by Gasteiger charge is 2.17. The first-order valence-corrected chi connectivity index (χ1v) is 10.5. The molecule has 0 N–H and O–H groups in total. The molecule has 0 saturated carbocycles.